The van der Waals surface area contributed by atoms with Gasteiger partial charge in [0.2, 0.25) is 5.89 Å². The van der Waals surface area contributed by atoms with Gasteiger partial charge in [0.05, 0.1) is 15.1 Å². The third-order valence-corrected chi connectivity index (χ3v) is 4.26. The molecule has 3 nitrogen and oxygen atoms in total. The Labute approximate surface area is 139 Å². The molecule has 3 rings (SSSR count). The van der Waals surface area contributed by atoms with Gasteiger partial charge in [0, 0.05) is 11.1 Å². The molecule has 0 spiro atoms. The van der Waals surface area contributed by atoms with Gasteiger partial charge in [-0.3, -0.25) is 4.79 Å². The maximum atomic E-state index is 11.2. The first-order valence-electron chi connectivity index (χ1n) is 5.71. The molecule has 0 aliphatic carbocycles. The van der Waals surface area contributed by atoms with Crippen LogP contribution in [0.1, 0.15) is 10.4 Å². The maximum absolute atomic E-state index is 11.2. The van der Waals surface area contributed by atoms with Gasteiger partial charge >= 0.3 is 0 Å². The molecule has 0 bridgehead atoms. The molecular weight excluding hydrogens is 356 g/mol. The zero-order valence-corrected chi connectivity index (χ0v) is 13.2. The summed E-state index contributed by atoms with van der Waals surface area (Å²) in [5.41, 5.74) is 1.97. The minimum absolute atomic E-state index is 0.271. The predicted molar refractivity (Wildman–Crippen MR) is 84.7 cm³/mol. The SMILES string of the molecule is O=C(Cl)c1ccc2oc(-c3cc(Cl)c(Cl)c(Cl)c3)nc2c1. The summed E-state index contributed by atoms with van der Waals surface area (Å²) in [7, 11) is 0. The Kier molecular flexibility index (Phi) is 3.84. The van der Waals surface area contributed by atoms with Crippen molar-refractivity contribution in [3.8, 4) is 11.5 Å². The monoisotopic (exact) mass is 359 g/mol. The Bertz CT molecular complexity index is 850. The second-order valence-corrected chi connectivity index (χ2v) is 5.76. The Morgan fingerprint density at radius 1 is 1.05 bits per heavy atom. The summed E-state index contributed by atoms with van der Waals surface area (Å²) < 4.78 is 5.61. The highest BCUT2D eigenvalue weighted by Gasteiger charge is 2.14. The van der Waals surface area contributed by atoms with Crippen LogP contribution in [0, 0.1) is 0 Å². The van der Waals surface area contributed by atoms with E-state index in [4.69, 9.17) is 50.8 Å². The number of aromatic nitrogens is 1. The second-order valence-electron chi connectivity index (χ2n) is 4.23. The number of oxazole rings is 1. The molecule has 2 aromatic carbocycles. The molecule has 21 heavy (non-hydrogen) atoms. The van der Waals surface area contributed by atoms with E-state index in [-0.39, 0.29) is 5.02 Å². The van der Waals surface area contributed by atoms with E-state index in [0.717, 1.165) is 0 Å². The van der Waals surface area contributed by atoms with E-state index in [0.29, 0.717) is 38.2 Å². The van der Waals surface area contributed by atoms with Gasteiger partial charge in [-0.05, 0) is 41.9 Å². The van der Waals surface area contributed by atoms with Crippen LogP contribution in [0.15, 0.2) is 34.7 Å². The summed E-state index contributed by atoms with van der Waals surface area (Å²) >= 11 is 23.3. The molecule has 106 valence electrons. The number of benzene rings is 2. The van der Waals surface area contributed by atoms with Crippen LogP contribution in [-0.2, 0) is 0 Å². The highest BCUT2D eigenvalue weighted by atomic mass is 35.5. The van der Waals surface area contributed by atoms with Gasteiger partial charge in [0.1, 0.15) is 5.52 Å². The molecule has 0 N–H and O–H groups in total. The Morgan fingerprint density at radius 3 is 2.33 bits per heavy atom. The number of carbonyl (C=O) groups is 1. The van der Waals surface area contributed by atoms with Gasteiger partial charge in [-0.15, -0.1) is 0 Å². The zero-order chi connectivity index (χ0) is 15.1. The molecule has 0 amide bonds. The number of carbonyl (C=O) groups excluding carboxylic acids is 1. The normalized spacial score (nSPS) is 11.0. The van der Waals surface area contributed by atoms with E-state index >= 15 is 0 Å². The number of nitrogens with zero attached hydrogens (tertiary/aromatic N) is 1. The van der Waals surface area contributed by atoms with E-state index in [2.05, 4.69) is 4.98 Å². The summed E-state index contributed by atoms with van der Waals surface area (Å²) in [4.78, 5) is 15.5. The Morgan fingerprint density at radius 2 is 1.71 bits per heavy atom. The van der Waals surface area contributed by atoms with Crippen LogP contribution < -0.4 is 0 Å². The van der Waals surface area contributed by atoms with Crippen LogP contribution in [0.25, 0.3) is 22.6 Å². The first-order chi connectivity index (χ1) is 9.95. The molecule has 7 heteroatoms. The summed E-state index contributed by atoms with van der Waals surface area (Å²) in [6.45, 7) is 0. The molecule has 0 radical (unpaired) electrons. The van der Waals surface area contributed by atoms with Crippen molar-refractivity contribution in [3.05, 3.63) is 51.0 Å². The largest absolute Gasteiger partial charge is 0.436 e. The van der Waals surface area contributed by atoms with Crippen LogP contribution in [0.3, 0.4) is 0 Å². The molecule has 0 fully saturated rings. The van der Waals surface area contributed by atoms with Crippen LogP contribution in [0.5, 0.6) is 0 Å². The van der Waals surface area contributed by atoms with Gasteiger partial charge in [-0.2, -0.15) is 0 Å². The first kappa shape index (κ1) is 14.7. The van der Waals surface area contributed by atoms with Gasteiger partial charge in [0.15, 0.2) is 5.58 Å². The summed E-state index contributed by atoms with van der Waals surface area (Å²) in [5.74, 6) is 0.324. The lowest BCUT2D eigenvalue weighted by Gasteiger charge is -2.01. The Balaban J connectivity index is 2.15. The molecule has 0 saturated heterocycles. The molecule has 3 aromatic rings. The maximum Gasteiger partial charge on any atom is 0.252 e. The van der Waals surface area contributed by atoms with Gasteiger partial charge in [-0.1, -0.05) is 34.8 Å². The Hall–Kier alpha value is -1.26. The fourth-order valence-electron chi connectivity index (χ4n) is 1.85. The molecular formula is C14H5Cl4NO2. The topological polar surface area (TPSA) is 43.1 Å². The highest BCUT2D eigenvalue weighted by molar-refractivity contribution is 6.67. The van der Waals surface area contributed by atoms with Crippen molar-refractivity contribution >= 4 is 62.7 Å². The quantitative estimate of drug-likeness (QED) is 0.426. The van der Waals surface area contributed by atoms with E-state index in [1.54, 1.807) is 30.3 Å². The molecule has 1 aromatic heterocycles. The van der Waals surface area contributed by atoms with Crippen molar-refractivity contribution in [2.75, 3.05) is 0 Å². The molecule has 0 unspecified atom stereocenters. The molecule has 0 atom stereocenters. The average molecular weight is 361 g/mol. The smallest absolute Gasteiger partial charge is 0.252 e. The molecule has 0 aliphatic heterocycles. The van der Waals surface area contributed by atoms with Crippen molar-refractivity contribution in [2.45, 2.75) is 0 Å². The minimum atomic E-state index is -0.556. The van der Waals surface area contributed by atoms with Crippen LogP contribution in [0.4, 0.5) is 0 Å². The number of rotatable bonds is 2. The number of halogens is 4. The molecule has 0 aliphatic rings. The summed E-state index contributed by atoms with van der Waals surface area (Å²) in [5, 5.41) is 0.323. The van der Waals surface area contributed by atoms with Crippen LogP contribution in [0.2, 0.25) is 15.1 Å². The van der Waals surface area contributed by atoms with Gasteiger partial charge < -0.3 is 4.42 Å². The zero-order valence-electron chi connectivity index (χ0n) is 10.2. The molecule has 0 saturated carbocycles. The summed E-state index contributed by atoms with van der Waals surface area (Å²) in [6.07, 6.45) is 0. The van der Waals surface area contributed by atoms with Crippen LogP contribution in [-0.4, -0.2) is 10.2 Å². The van der Waals surface area contributed by atoms with E-state index in [9.17, 15) is 4.79 Å². The van der Waals surface area contributed by atoms with E-state index in [1.165, 1.54) is 0 Å². The van der Waals surface area contributed by atoms with Crippen molar-refractivity contribution in [2.24, 2.45) is 0 Å². The first-order valence-corrected chi connectivity index (χ1v) is 7.22. The fraction of sp³-hybridized carbons (Fsp3) is 0. The molecule has 1 heterocycles. The average Bonchev–Trinajstić information content (AvgIpc) is 2.86. The van der Waals surface area contributed by atoms with Gasteiger partial charge in [0.25, 0.3) is 5.24 Å². The lowest BCUT2D eigenvalue weighted by molar-refractivity contribution is 0.108. The number of hydrogen-bond acceptors (Lipinski definition) is 3. The lowest BCUT2D eigenvalue weighted by Crippen LogP contribution is -1.87. The number of fused-ring (bicyclic) bond motifs is 1. The van der Waals surface area contributed by atoms with Crippen molar-refractivity contribution in [3.63, 3.8) is 0 Å². The van der Waals surface area contributed by atoms with E-state index in [1.807, 2.05) is 0 Å². The minimum Gasteiger partial charge on any atom is -0.436 e. The third-order valence-electron chi connectivity index (χ3n) is 2.85. The standard InChI is InChI=1S/C14H5Cl4NO2/c15-8-3-7(4-9(16)12(8)17)14-19-10-5-6(13(18)20)1-2-11(10)21-14/h1-5H. The van der Waals surface area contributed by atoms with E-state index < -0.39 is 5.24 Å². The lowest BCUT2D eigenvalue weighted by atomic mass is 10.2. The van der Waals surface area contributed by atoms with Crippen molar-refractivity contribution < 1.29 is 9.21 Å². The fourth-order valence-corrected chi connectivity index (χ4v) is 2.57. The summed E-state index contributed by atoms with van der Waals surface area (Å²) in [6, 6.07) is 7.95. The number of hydrogen-bond donors (Lipinski definition) is 0. The predicted octanol–water partition coefficient (Wildman–Crippen LogP) is 5.83. The van der Waals surface area contributed by atoms with Gasteiger partial charge in [-0.25, -0.2) is 4.98 Å². The third kappa shape index (κ3) is 2.74. The van der Waals surface area contributed by atoms with Crippen LogP contribution >= 0.6 is 46.4 Å². The van der Waals surface area contributed by atoms with Crippen molar-refractivity contribution in [1.82, 2.24) is 4.98 Å². The van der Waals surface area contributed by atoms with Crippen molar-refractivity contribution in [1.29, 1.82) is 0 Å². The second kappa shape index (κ2) is 5.50. The highest BCUT2D eigenvalue weighted by Crippen LogP contribution is 2.35.